The topological polar surface area (TPSA) is 56.5 Å². The van der Waals surface area contributed by atoms with E-state index in [4.69, 9.17) is 16.3 Å². The third-order valence-corrected chi connectivity index (χ3v) is 3.70. The lowest BCUT2D eigenvalue weighted by Gasteiger charge is -2.06. The van der Waals surface area contributed by atoms with Crippen LogP contribution in [0.25, 0.3) is 16.9 Å². The van der Waals surface area contributed by atoms with Crippen molar-refractivity contribution < 1.29 is 9.53 Å². The number of esters is 1. The molecule has 2 heterocycles. The summed E-state index contributed by atoms with van der Waals surface area (Å²) in [7, 11) is 0. The highest BCUT2D eigenvalue weighted by Gasteiger charge is 2.16. The van der Waals surface area contributed by atoms with Crippen LogP contribution in [-0.4, -0.2) is 27.2 Å². The fourth-order valence-corrected chi connectivity index (χ4v) is 2.49. The van der Waals surface area contributed by atoms with E-state index in [1.165, 1.54) is 6.20 Å². The first-order valence-electron chi connectivity index (χ1n) is 6.89. The van der Waals surface area contributed by atoms with Gasteiger partial charge in [-0.05, 0) is 19.9 Å². The van der Waals surface area contributed by atoms with Gasteiger partial charge in [-0.1, -0.05) is 29.8 Å². The van der Waals surface area contributed by atoms with Gasteiger partial charge in [-0.2, -0.15) is 5.10 Å². The Hall–Kier alpha value is -2.40. The summed E-state index contributed by atoms with van der Waals surface area (Å²) in [6.07, 6.45) is 1.51. The van der Waals surface area contributed by atoms with E-state index in [-0.39, 0.29) is 0 Å². The van der Waals surface area contributed by atoms with Crippen LogP contribution in [0.2, 0.25) is 5.02 Å². The number of carbonyl (C=O) groups excluding carboxylic acids is 1. The van der Waals surface area contributed by atoms with Crippen molar-refractivity contribution in [1.82, 2.24) is 14.6 Å². The molecule has 1 aromatic carbocycles. The van der Waals surface area contributed by atoms with Crippen LogP contribution >= 0.6 is 11.6 Å². The fourth-order valence-electron chi connectivity index (χ4n) is 2.26. The van der Waals surface area contributed by atoms with Crippen molar-refractivity contribution in [3.8, 4) is 11.3 Å². The predicted octanol–water partition coefficient (Wildman–Crippen LogP) is 3.53. The lowest BCUT2D eigenvalue weighted by Crippen LogP contribution is -2.11. The quantitative estimate of drug-likeness (QED) is 0.694. The number of hydrogen-bond acceptors (Lipinski definition) is 4. The number of nitrogens with zero attached hydrogens (tertiary/aromatic N) is 3. The van der Waals surface area contributed by atoms with Gasteiger partial charge in [0.15, 0.2) is 5.65 Å². The third-order valence-electron chi connectivity index (χ3n) is 3.37. The average Bonchev–Trinajstić information content (AvgIpc) is 2.93. The van der Waals surface area contributed by atoms with Crippen LogP contribution in [0.4, 0.5) is 0 Å². The predicted molar refractivity (Wildman–Crippen MR) is 84.1 cm³/mol. The number of aromatic nitrogens is 3. The Labute approximate surface area is 132 Å². The second-order valence-corrected chi connectivity index (χ2v) is 5.16. The minimum absolute atomic E-state index is 0.320. The molecule has 5 nitrogen and oxygen atoms in total. The van der Waals surface area contributed by atoms with Crippen molar-refractivity contribution >= 4 is 23.2 Å². The zero-order valence-electron chi connectivity index (χ0n) is 12.2. The van der Waals surface area contributed by atoms with Gasteiger partial charge in [0.25, 0.3) is 0 Å². The summed E-state index contributed by atoms with van der Waals surface area (Å²) in [6.45, 7) is 3.90. The third kappa shape index (κ3) is 2.44. The maximum absolute atomic E-state index is 11.9. The standard InChI is InChI=1S/C16H14ClN3O2/c1-3-22-16(21)12-9-18-15-8-14(19-20(15)10(12)2)11-6-4-5-7-13(11)17/h4-9H,3H2,1-2H3. The van der Waals surface area contributed by atoms with Gasteiger partial charge in [0.05, 0.1) is 28.6 Å². The van der Waals surface area contributed by atoms with Gasteiger partial charge in [0.1, 0.15) is 0 Å². The van der Waals surface area contributed by atoms with E-state index >= 15 is 0 Å². The summed E-state index contributed by atoms with van der Waals surface area (Å²) in [5.74, 6) is -0.399. The molecule has 22 heavy (non-hydrogen) atoms. The molecule has 0 unspecified atom stereocenters. The molecule has 0 aliphatic rings. The molecular formula is C16H14ClN3O2. The minimum atomic E-state index is -0.399. The van der Waals surface area contributed by atoms with Crippen LogP contribution in [-0.2, 0) is 4.74 Å². The summed E-state index contributed by atoms with van der Waals surface area (Å²) in [4.78, 5) is 16.2. The fraction of sp³-hybridized carbons (Fsp3) is 0.188. The second kappa shape index (κ2) is 5.77. The zero-order chi connectivity index (χ0) is 15.7. The maximum Gasteiger partial charge on any atom is 0.341 e. The van der Waals surface area contributed by atoms with Crippen molar-refractivity contribution in [3.63, 3.8) is 0 Å². The van der Waals surface area contributed by atoms with Crippen LogP contribution in [0.3, 0.4) is 0 Å². The molecule has 0 saturated heterocycles. The number of fused-ring (bicyclic) bond motifs is 1. The zero-order valence-corrected chi connectivity index (χ0v) is 13.0. The lowest BCUT2D eigenvalue weighted by atomic mass is 10.1. The number of benzene rings is 1. The summed E-state index contributed by atoms with van der Waals surface area (Å²) in [5.41, 5.74) is 3.28. The van der Waals surface area contributed by atoms with Gasteiger partial charge in [0.2, 0.25) is 0 Å². The molecule has 0 radical (unpaired) electrons. The van der Waals surface area contributed by atoms with Gasteiger partial charge in [-0.25, -0.2) is 14.3 Å². The van der Waals surface area contributed by atoms with Crippen molar-refractivity contribution in [3.05, 3.63) is 52.8 Å². The van der Waals surface area contributed by atoms with Crippen molar-refractivity contribution in [2.24, 2.45) is 0 Å². The first kappa shape index (κ1) is 14.5. The Bertz CT molecular complexity index is 858. The summed E-state index contributed by atoms with van der Waals surface area (Å²) < 4.78 is 6.66. The molecule has 0 N–H and O–H groups in total. The molecule has 3 aromatic rings. The Morgan fingerprint density at radius 3 is 2.86 bits per heavy atom. The summed E-state index contributed by atoms with van der Waals surface area (Å²) >= 11 is 6.21. The number of halogens is 1. The van der Waals surface area contributed by atoms with E-state index in [2.05, 4.69) is 10.1 Å². The summed E-state index contributed by atoms with van der Waals surface area (Å²) in [5, 5.41) is 5.13. The molecule has 0 saturated carbocycles. The molecule has 0 aliphatic carbocycles. The van der Waals surface area contributed by atoms with E-state index in [1.807, 2.05) is 37.3 Å². The number of carbonyl (C=O) groups is 1. The van der Waals surface area contributed by atoms with Gasteiger partial charge in [-0.15, -0.1) is 0 Å². The van der Waals surface area contributed by atoms with Crippen LogP contribution < -0.4 is 0 Å². The second-order valence-electron chi connectivity index (χ2n) is 4.76. The molecule has 0 bridgehead atoms. The van der Waals surface area contributed by atoms with E-state index in [0.717, 1.165) is 5.56 Å². The van der Waals surface area contributed by atoms with E-state index in [0.29, 0.717) is 34.2 Å². The number of rotatable bonds is 3. The average molecular weight is 316 g/mol. The van der Waals surface area contributed by atoms with Crippen molar-refractivity contribution in [1.29, 1.82) is 0 Å². The SMILES string of the molecule is CCOC(=O)c1cnc2cc(-c3ccccc3Cl)nn2c1C. The number of hydrogen-bond donors (Lipinski definition) is 0. The number of aryl methyl sites for hydroxylation is 1. The molecule has 0 aliphatic heterocycles. The van der Waals surface area contributed by atoms with Crippen LogP contribution in [0.1, 0.15) is 23.0 Å². The van der Waals surface area contributed by atoms with Crippen molar-refractivity contribution in [2.45, 2.75) is 13.8 Å². The van der Waals surface area contributed by atoms with Crippen LogP contribution in [0.15, 0.2) is 36.5 Å². The Morgan fingerprint density at radius 1 is 1.36 bits per heavy atom. The van der Waals surface area contributed by atoms with Gasteiger partial charge < -0.3 is 4.74 Å². The molecule has 0 amide bonds. The van der Waals surface area contributed by atoms with Crippen molar-refractivity contribution in [2.75, 3.05) is 6.61 Å². The van der Waals surface area contributed by atoms with E-state index in [1.54, 1.807) is 11.4 Å². The van der Waals surface area contributed by atoms with Gasteiger partial charge in [0, 0.05) is 17.8 Å². The first-order chi connectivity index (χ1) is 10.6. The number of ether oxygens (including phenoxy) is 1. The maximum atomic E-state index is 11.9. The van der Waals surface area contributed by atoms with Crippen LogP contribution in [0, 0.1) is 6.92 Å². The highest BCUT2D eigenvalue weighted by atomic mass is 35.5. The Kier molecular flexibility index (Phi) is 3.81. The highest BCUT2D eigenvalue weighted by Crippen LogP contribution is 2.27. The molecular weight excluding hydrogens is 302 g/mol. The van der Waals surface area contributed by atoms with Gasteiger partial charge >= 0.3 is 5.97 Å². The largest absolute Gasteiger partial charge is 0.462 e. The minimum Gasteiger partial charge on any atom is -0.462 e. The smallest absolute Gasteiger partial charge is 0.341 e. The van der Waals surface area contributed by atoms with E-state index < -0.39 is 5.97 Å². The van der Waals surface area contributed by atoms with Crippen LogP contribution in [0.5, 0.6) is 0 Å². The normalized spacial score (nSPS) is 10.9. The Morgan fingerprint density at radius 2 is 2.14 bits per heavy atom. The van der Waals surface area contributed by atoms with Gasteiger partial charge in [-0.3, -0.25) is 0 Å². The lowest BCUT2D eigenvalue weighted by molar-refractivity contribution is 0.0524. The first-order valence-corrected chi connectivity index (χ1v) is 7.27. The molecule has 112 valence electrons. The molecule has 2 aromatic heterocycles. The molecule has 0 atom stereocenters. The highest BCUT2D eigenvalue weighted by molar-refractivity contribution is 6.33. The summed E-state index contributed by atoms with van der Waals surface area (Å²) in [6, 6.07) is 9.31. The molecule has 3 rings (SSSR count). The molecule has 0 fully saturated rings. The molecule has 0 spiro atoms. The van der Waals surface area contributed by atoms with E-state index in [9.17, 15) is 4.79 Å². The molecule has 6 heteroatoms. The monoisotopic (exact) mass is 315 g/mol. The Balaban J connectivity index is 2.13.